The molecule has 2 aromatic carbocycles. The highest BCUT2D eigenvalue weighted by atomic mass is 35.5. The number of fused-ring (bicyclic) bond motifs is 2. The van der Waals surface area contributed by atoms with Gasteiger partial charge in [0, 0.05) is 29.4 Å². The Hall–Kier alpha value is -2.59. The monoisotopic (exact) mass is 349 g/mol. The first-order chi connectivity index (χ1) is 12.2. The van der Waals surface area contributed by atoms with E-state index in [2.05, 4.69) is 27.0 Å². The van der Waals surface area contributed by atoms with Gasteiger partial charge >= 0.3 is 0 Å². The summed E-state index contributed by atoms with van der Waals surface area (Å²) in [4.78, 5) is 10.9. The third-order valence-electron chi connectivity index (χ3n) is 5.01. The lowest BCUT2D eigenvalue weighted by Gasteiger charge is -2.19. The molecule has 1 saturated carbocycles. The van der Waals surface area contributed by atoms with Crippen LogP contribution in [-0.2, 0) is 5.41 Å². The Labute approximate surface area is 151 Å². The SMILES string of the molecule is Clc1ncc2c(n1)N(c1ccc(Oc3ccccc3)cc1)CC21CC1. The van der Waals surface area contributed by atoms with Crippen molar-refractivity contribution in [2.24, 2.45) is 0 Å². The molecular formula is C20H16ClN3O. The van der Waals surface area contributed by atoms with Crippen LogP contribution in [0.2, 0.25) is 5.28 Å². The van der Waals surface area contributed by atoms with Gasteiger partial charge in [0.2, 0.25) is 5.28 Å². The molecule has 2 aliphatic rings. The first kappa shape index (κ1) is 14.7. The summed E-state index contributed by atoms with van der Waals surface area (Å²) in [5, 5.41) is 0.297. The fourth-order valence-corrected chi connectivity index (χ4v) is 3.63. The number of rotatable bonds is 3. The highest BCUT2D eigenvalue weighted by Crippen LogP contribution is 2.57. The minimum atomic E-state index is 0.221. The summed E-state index contributed by atoms with van der Waals surface area (Å²) in [6.07, 6.45) is 4.28. The first-order valence-electron chi connectivity index (χ1n) is 8.37. The summed E-state index contributed by atoms with van der Waals surface area (Å²) in [5.74, 6) is 2.59. The standard InChI is InChI=1S/C20H16ClN3O/c21-19-22-12-17-18(23-19)24(13-20(17)10-11-20)14-6-8-16(9-7-14)25-15-4-2-1-3-5-15/h1-9,12H,10-11,13H2. The number of benzene rings is 2. The molecular weight excluding hydrogens is 334 g/mol. The number of hydrogen-bond donors (Lipinski definition) is 0. The minimum Gasteiger partial charge on any atom is -0.457 e. The van der Waals surface area contributed by atoms with Crippen LogP contribution in [0.5, 0.6) is 11.5 Å². The van der Waals surface area contributed by atoms with Crippen LogP contribution in [0, 0.1) is 0 Å². The molecule has 1 fully saturated rings. The lowest BCUT2D eigenvalue weighted by molar-refractivity contribution is 0.482. The van der Waals surface area contributed by atoms with Crippen molar-refractivity contribution in [3.05, 3.63) is 71.6 Å². The number of anilines is 2. The van der Waals surface area contributed by atoms with Crippen LogP contribution in [-0.4, -0.2) is 16.5 Å². The van der Waals surface area contributed by atoms with E-state index in [1.54, 1.807) is 0 Å². The van der Waals surface area contributed by atoms with E-state index in [1.807, 2.05) is 48.7 Å². The number of aromatic nitrogens is 2. The van der Waals surface area contributed by atoms with Crippen LogP contribution < -0.4 is 9.64 Å². The van der Waals surface area contributed by atoms with Crippen molar-refractivity contribution in [3.63, 3.8) is 0 Å². The summed E-state index contributed by atoms with van der Waals surface area (Å²) >= 11 is 6.04. The summed E-state index contributed by atoms with van der Waals surface area (Å²) in [7, 11) is 0. The third kappa shape index (κ3) is 2.53. The van der Waals surface area contributed by atoms with Crippen LogP contribution in [0.1, 0.15) is 18.4 Å². The second-order valence-electron chi connectivity index (χ2n) is 6.65. The Morgan fingerprint density at radius 2 is 1.68 bits per heavy atom. The number of halogens is 1. The van der Waals surface area contributed by atoms with Crippen molar-refractivity contribution in [2.45, 2.75) is 18.3 Å². The van der Waals surface area contributed by atoms with E-state index >= 15 is 0 Å². The van der Waals surface area contributed by atoms with Crippen LogP contribution in [0.15, 0.2) is 60.8 Å². The average Bonchev–Trinajstić information content (AvgIpc) is 3.35. The van der Waals surface area contributed by atoms with Crippen molar-refractivity contribution in [3.8, 4) is 11.5 Å². The van der Waals surface area contributed by atoms with Gasteiger partial charge in [0.25, 0.3) is 0 Å². The molecule has 0 saturated heterocycles. The molecule has 0 radical (unpaired) electrons. The molecule has 0 N–H and O–H groups in total. The maximum absolute atomic E-state index is 6.04. The first-order valence-corrected chi connectivity index (χ1v) is 8.75. The molecule has 1 aliphatic carbocycles. The van der Waals surface area contributed by atoms with E-state index in [9.17, 15) is 0 Å². The van der Waals surface area contributed by atoms with E-state index < -0.39 is 0 Å². The zero-order valence-electron chi connectivity index (χ0n) is 13.5. The van der Waals surface area contributed by atoms with E-state index in [1.165, 1.54) is 18.4 Å². The second kappa shape index (κ2) is 5.46. The van der Waals surface area contributed by atoms with Gasteiger partial charge in [-0.2, -0.15) is 4.98 Å². The van der Waals surface area contributed by atoms with E-state index in [-0.39, 0.29) is 5.41 Å². The Kier molecular flexibility index (Phi) is 3.22. The molecule has 1 aromatic heterocycles. The number of para-hydroxylation sites is 1. The predicted octanol–water partition coefficient (Wildman–Crippen LogP) is 5.11. The van der Waals surface area contributed by atoms with Crippen LogP contribution in [0.3, 0.4) is 0 Å². The smallest absolute Gasteiger partial charge is 0.224 e. The van der Waals surface area contributed by atoms with Gasteiger partial charge in [-0.25, -0.2) is 4.98 Å². The predicted molar refractivity (Wildman–Crippen MR) is 97.9 cm³/mol. The maximum Gasteiger partial charge on any atom is 0.224 e. The molecule has 0 amide bonds. The van der Waals surface area contributed by atoms with Crippen molar-refractivity contribution >= 4 is 23.1 Å². The Balaban J connectivity index is 1.44. The van der Waals surface area contributed by atoms with Crippen LogP contribution >= 0.6 is 11.6 Å². The lowest BCUT2D eigenvalue weighted by Crippen LogP contribution is -2.19. The molecule has 3 aromatic rings. The number of ether oxygens (including phenoxy) is 1. The van der Waals surface area contributed by atoms with Crippen molar-refractivity contribution in [1.82, 2.24) is 9.97 Å². The summed E-state index contributed by atoms with van der Waals surface area (Å²) < 4.78 is 5.87. The molecule has 0 unspecified atom stereocenters. The van der Waals surface area contributed by atoms with Gasteiger partial charge in [0.1, 0.15) is 17.3 Å². The third-order valence-corrected chi connectivity index (χ3v) is 5.19. The van der Waals surface area contributed by atoms with Gasteiger partial charge in [0.15, 0.2) is 0 Å². The summed E-state index contributed by atoms with van der Waals surface area (Å²) in [6.45, 7) is 0.941. The van der Waals surface area contributed by atoms with Gasteiger partial charge < -0.3 is 9.64 Å². The minimum absolute atomic E-state index is 0.221. The zero-order valence-corrected chi connectivity index (χ0v) is 14.3. The maximum atomic E-state index is 6.04. The molecule has 1 spiro atoms. The van der Waals surface area contributed by atoms with E-state index in [0.717, 1.165) is 29.5 Å². The topological polar surface area (TPSA) is 38.2 Å². The van der Waals surface area contributed by atoms with E-state index in [4.69, 9.17) is 16.3 Å². The molecule has 124 valence electrons. The van der Waals surface area contributed by atoms with Crippen molar-refractivity contribution in [1.29, 1.82) is 0 Å². The fraction of sp³-hybridized carbons (Fsp3) is 0.200. The van der Waals surface area contributed by atoms with E-state index in [0.29, 0.717) is 5.28 Å². The Bertz CT molecular complexity index is 923. The van der Waals surface area contributed by atoms with Crippen LogP contribution in [0.25, 0.3) is 0 Å². The van der Waals surface area contributed by atoms with Gasteiger partial charge in [-0.3, -0.25) is 0 Å². The normalized spacial score (nSPS) is 16.8. The quantitative estimate of drug-likeness (QED) is 0.616. The molecule has 25 heavy (non-hydrogen) atoms. The number of hydrogen-bond acceptors (Lipinski definition) is 4. The fourth-order valence-electron chi connectivity index (χ4n) is 3.51. The zero-order chi connectivity index (χ0) is 16.9. The van der Waals surface area contributed by atoms with Gasteiger partial charge in [-0.05, 0) is 60.8 Å². The molecule has 5 heteroatoms. The second-order valence-corrected chi connectivity index (χ2v) is 6.99. The molecule has 0 bridgehead atoms. The van der Waals surface area contributed by atoms with Gasteiger partial charge in [0.05, 0.1) is 0 Å². The highest BCUT2D eigenvalue weighted by molar-refractivity contribution is 6.28. The summed E-state index contributed by atoms with van der Waals surface area (Å²) in [6, 6.07) is 17.9. The highest BCUT2D eigenvalue weighted by Gasteiger charge is 2.53. The molecule has 4 nitrogen and oxygen atoms in total. The Morgan fingerprint density at radius 1 is 0.960 bits per heavy atom. The molecule has 0 atom stereocenters. The largest absolute Gasteiger partial charge is 0.457 e. The van der Waals surface area contributed by atoms with Crippen LogP contribution in [0.4, 0.5) is 11.5 Å². The molecule has 5 rings (SSSR count). The summed E-state index contributed by atoms with van der Waals surface area (Å²) in [5.41, 5.74) is 2.54. The molecule has 2 heterocycles. The molecule has 1 aliphatic heterocycles. The van der Waals surface area contributed by atoms with Crippen molar-refractivity contribution < 1.29 is 4.74 Å². The Morgan fingerprint density at radius 3 is 2.40 bits per heavy atom. The van der Waals surface area contributed by atoms with Gasteiger partial charge in [-0.15, -0.1) is 0 Å². The number of nitrogens with zero attached hydrogens (tertiary/aromatic N) is 3. The van der Waals surface area contributed by atoms with Crippen molar-refractivity contribution in [2.75, 3.05) is 11.4 Å². The average molecular weight is 350 g/mol. The lowest BCUT2D eigenvalue weighted by atomic mass is 10.0. The van der Waals surface area contributed by atoms with Gasteiger partial charge in [-0.1, -0.05) is 18.2 Å².